The summed E-state index contributed by atoms with van der Waals surface area (Å²) in [6.07, 6.45) is 5.61. The molecular formula is C18H25IN9O+. The van der Waals surface area contributed by atoms with Crippen molar-refractivity contribution in [2.75, 3.05) is 10.6 Å². The van der Waals surface area contributed by atoms with Crippen LogP contribution in [0.25, 0.3) is 0 Å². The zero-order chi connectivity index (χ0) is 20.6. The van der Waals surface area contributed by atoms with Gasteiger partial charge in [-0.2, -0.15) is 10.4 Å². The Morgan fingerprint density at radius 2 is 2.21 bits per heavy atom. The van der Waals surface area contributed by atoms with Gasteiger partial charge in [-0.05, 0) is 18.9 Å². The summed E-state index contributed by atoms with van der Waals surface area (Å²) in [6.45, 7) is 0. The van der Waals surface area contributed by atoms with Gasteiger partial charge in [-0.1, -0.05) is 22.2 Å². The second-order valence-electron chi connectivity index (χ2n) is 6.70. The molecule has 10 nitrogen and oxygen atoms in total. The third kappa shape index (κ3) is 5.98. The van der Waals surface area contributed by atoms with Crippen molar-refractivity contribution in [3.8, 4) is 0 Å². The molecule has 0 aliphatic heterocycles. The van der Waals surface area contributed by atoms with Crippen molar-refractivity contribution in [2.24, 2.45) is 14.7 Å². The largest absolute Gasteiger partial charge is 0.365 e. The summed E-state index contributed by atoms with van der Waals surface area (Å²) in [6, 6.07) is 7.69. The molecule has 9 N–H and O–H groups in total. The minimum Gasteiger partial charge on any atom is -0.365 e. The van der Waals surface area contributed by atoms with Crippen LogP contribution in [0.1, 0.15) is 36.0 Å². The van der Waals surface area contributed by atoms with Crippen molar-refractivity contribution in [1.82, 2.24) is 9.97 Å². The van der Waals surface area contributed by atoms with E-state index in [0.717, 1.165) is 37.1 Å². The highest BCUT2D eigenvalue weighted by Crippen LogP contribution is 2.23. The van der Waals surface area contributed by atoms with Crippen molar-refractivity contribution in [2.45, 2.75) is 37.8 Å². The number of primary amides is 1. The van der Waals surface area contributed by atoms with Gasteiger partial charge in [-0.15, -0.1) is 0 Å². The number of nitrogens with zero attached hydrogens (tertiary/aromatic N) is 3. The number of anilines is 3. The minimum atomic E-state index is -0.609. The summed E-state index contributed by atoms with van der Waals surface area (Å²) in [5.74, 6) is 0.135. The van der Waals surface area contributed by atoms with E-state index in [4.69, 9.17) is 16.9 Å². The number of aromatic nitrogens is 2. The normalized spacial score (nSPS) is 19.3. The average Bonchev–Trinajstić information content (AvgIpc) is 2.70. The van der Waals surface area contributed by atoms with Gasteiger partial charge in [-0.25, -0.2) is 4.98 Å². The summed E-state index contributed by atoms with van der Waals surface area (Å²) in [5.41, 5.74) is 15.3. The van der Waals surface area contributed by atoms with E-state index in [0.29, 0.717) is 11.8 Å². The lowest BCUT2D eigenvalue weighted by Crippen LogP contribution is -2.70. The van der Waals surface area contributed by atoms with E-state index in [1.54, 1.807) is 5.43 Å². The Morgan fingerprint density at radius 3 is 2.97 bits per heavy atom. The number of carbonyl (C=O) groups excluding carboxylic acids is 1. The summed E-state index contributed by atoms with van der Waals surface area (Å²) in [5, 5.41) is 13.5. The zero-order valence-electron chi connectivity index (χ0n) is 15.8. The lowest BCUT2D eigenvalue weighted by atomic mass is 9.91. The Balaban J connectivity index is 1.81. The molecule has 29 heavy (non-hydrogen) atoms. The van der Waals surface area contributed by atoms with Gasteiger partial charge in [0.05, 0.1) is 4.22 Å². The third-order valence-corrected chi connectivity index (χ3v) is 5.52. The number of rotatable bonds is 8. The lowest BCUT2D eigenvalue weighted by molar-refractivity contribution is -0.571. The fourth-order valence-corrected chi connectivity index (χ4v) is 3.82. The van der Waals surface area contributed by atoms with E-state index in [9.17, 15) is 4.79 Å². The van der Waals surface area contributed by atoms with Crippen LogP contribution in [-0.2, 0) is 0 Å². The second-order valence-corrected chi connectivity index (χ2v) is 8.44. The van der Waals surface area contributed by atoms with Gasteiger partial charge in [0.2, 0.25) is 5.95 Å². The number of nitrogens with one attached hydrogen (secondary N) is 3. The molecule has 0 spiro atoms. The van der Waals surface area contributed by atoms with Gasteiger partial charge in [-0.3, -0.25) is 4.79 Å². The van der Waals surface area contributed by atoms with Gasteiger partial charge in [0.25, 0.3) is 5.91 Å². The summed E-state index contributed by atoms with van der Waals surface area (Å²) in [4.78, 5) is 20.5. The molecule has 3 rings (SSSR count). The summed E-state index contributed by atoms with van der Waals surface area (Å²) >= 11 is -0.598. The molecule has 154 valence electrons. The smallest absolute Gasteiger partial charge is 0.254 e. The van der Waals surface area contributed by atoms with Crippen LogP contribution in [-0.4, -0.2) is 32.2 Å². The van der Waals surface area contributed by atoms with E-state index in [1.807, 2.05) is 24.3 Å². The molecular weight excluding hydrogens is 485 g/mol. The maximum absolute atomic E-state index is 11.8. The molecule has 0 radical (unpaired) electrons. The maximum atomic E-state index is 11.8. The number of nitrogens with two attached hydrogens (primary N) is 3. The average molecular weight is 510 g/mol. The first-order valence-electron chi connectivity index (χ1n) is 9.28. The highest BCUT2D eigenvalue weighted by Gasteiger charge is 2.23. The number of quaternary nitrogens is 1. The Hall–Kier alpha value is -2.51. The standard InChI is InChI=1S/C18H24IN9O/c20-10-19-28-27-12-5-3-4-11(8-12)24-17-13(16(22)29)9-23-18(26-17)25-15-7-2-1-6-14(15)21/h3-5,8-10,14-15,20,27H,1-2,6-7,21H2,(H2,22,29)(H2,23,24,25,26)/p+1/t14-,15+/m0/s1. The van der Waals surface area contributed by atoms with E-state index >= 15 is 0 Å². The van der Waals surface area contributed by atoms with E-state index in [2.05, 4.69) is 23.9 Å². The fourth-order valence-electron chi connectivity index (χ4n) is 3.18. The van der Waals surface area contributed by atoms with Crippen LogP contribution in [0.5, 0.6) is 0 Å². The molecule has 1 saturated carbocycles. The first-order valence-corrected chi connectivity index (χ1v) is 11.5. The van der Waals surface area contributed by atoms with Gasteiger partial charge in [0.1, 0.15) is 32.4 Å². The quantitative estimate of drug-likeness (QED) is 0.104. The van der Waals surface area contributed by atoms with Crippen molar-refractivity contribution in [1.29, 1.82) is 5.41 Å². The van der Waals surface area contributed by atoms with Crippen LogP contribution in [0.4, 0.5) is 23.1 Å². The van der Waals surface area contributed by atoms with Crippen molar-refractivity contribution in [3.05, 3.63) is 36.0 Å². The van der Waals surface area contributed by atoms with Gasteiger partial charge in [0.15, 0.2) is 5.69 Å². The predicted octanol–water partition coefficient (Wildman–Crippen LogP) is 1.87. The Labute approximate surface area is 178 Å². The Morgan fingerprint density at radius 1 is 1.38 bits per heavy atom. The number of benzene rings is 1. The molecule has 1 aromatic heterocycles. The lowest BCUT2D eigenvalue weighted by Gasteiger charge is -2.29. The van der Waals surface area contributed by atoms with Crippen LogP contribution >= 0.6 is 21.0 Å². The molecule has 1 heterocycles. The number of carbonyl (C=O) groups is 1. The van der Waals surface area contributed by atoms with Crippen molar-refractivity contribution >= 4 is 54.3 Å². The number of hydrogen-bond acceptors (Lipinski definition) is 8. The van der Waals surface area contributed by atoms with E-state index < -0.39 is 26.9 Å². The van der Waals surface area contributed by atoms with E-state index in [-0.39, 0.29) is 17.6 Å². The molecule has 1 fully saturated rings. The number of hydrogen-bond donors (Lipinski definition) is 6. The van der Waals surface area contributed by atoms with Crippen LogP contribution in [0.2, 0.25) is 0 Å². The molecule has 1 aliphatic carbocycles. The Kier molecular flexibility index (Phi) is 7.55. The highest BCUT2D eigenvalue weighted by atomic mass is 127. The van der Waals surface area contributed by atoms with Crippen molar-refractivity contribution < 1.29 is 10.2 Å². The molecule has 2 aromatic rings. The Bertz CT molecular complexity index is 905. The molecule has 1 amide bonds. The van der Waals surface area contributed by atoms with Gasteiger partial charge >= 0.3 is 0 Å². The predicted molar refractivity (Wildman–Crippen MR) is 121 cm³/mol. The SMILES string of the molecule is N=CI=N[NH2+]c1cccc(Nc2nc(N[C@@H]3CCCC[C@@H]3N)ncc2C(N)=O)c1. The van der Waals surface area contributed by atoms with Crippen LogP contribution in [0, 0.1) is 5.41 Å². The first kappa shape index (κ1) is 21.2. The number of amides is 1. The minimum absolute atomic E-state index is 0.0549. The van der Waals surface area contributed by atoms with Crippen LogP contribution < -0.4 is 27.5 Å². The molecule has 0 saturated heterocycles. The molecule has 0 unspecified atom stereocenters. The van der Waals surface area contributed by atoms with Crippen molar-refractivity contribution in [3.63, 3.8) is 0 Å². The monoisotopic (exact) mass is 510 g/mol. The van der Waals surface area contributed by atoms with Crippen LogP contribution in [0.3, 0.4) is 0 Å². The molecule has 0 bridgehead atoms. The van der Waals surface area contributed by atoms with Crippen LogP contribution in [0.15, 0.2) is 33.7 Å². The highest BCUT2D eigenvalue weighted by molar-refractivity contribution is 14.2. The zero-order valence-corrected chi connectivity index (χ0v) is 18.0. The fraction of sp³-hybridized carbons (Fsp3) is 0.333. The van der Waals surface area contributed by atoms with E-state index in [1.165, 1.54) is 10.4 Å². The van der Waals surface area contributed by atoms with Gasteiger partial charge in [0, 0.05) is 36.1 Å². The topological polar surface area (TPSA) is 172 Å². The molecule has 2 atom stereocenters. The molecule has 1 aromatic carbocycles. The molecule has 1 aliphatic rings. The third-order valence-electron chi connectivity index (χ3n) is 4.64. The summed E-state index contributed by atoms with van der Waals surface area (Å²) < 4.78 is 5.57. The number of halogens is 1. The first-order chi connectivity index (χ1) is 14.1. The maximum Gasteiger partial charge on any atom is 0.254 e. The molecule has 11 heteroatoms. The van der Waals surface area contributed by atoms with Gasteiger partial charge < -0.3 is 27.5 Å². The second kappa shape index (κ2) is 10.3. The summed E-state index contributed by atoms with van der Waals surface area (Å²) in [7, 11) is 0.